The largest absolute Gasteiger partial charge is 0.305 e. The Morgan fingerprint density at radius 3 is 2.44 bits per heavy atom. The molecule has 0 bridgehead atoms. The topological polar surface area (TPSA) is 37.4 Å². The second-order valence-electron chi connectivity index (χ2n) is 4.85. The van der Waals surface area contributed by atoms with E-state index in [0.717, 1.165) is 18.9 Å². The monoisotopic (exact) mass is 311 g/mol. The van der Waals surface area contributed by atoms with Gasteiger partial charge in [0.2, 0.25) is 0 Å². The van der Waals surface area contributed by atoms with Crippen molar-refractivity contribution in [1.29, 1.82) is 0 Å². The second-order valence-corrected chi connectivity index (χ2v) is 8.45. The summed E-state index contributed by atoms with van der Waals surface area (Å²) in [7, 11) is -0.796. The normalized spacial score (nSPS) is 25.8. The molecule has 96 valence electrons. The lowest BCUT2D eigenvalue weighted by molar-refractivity contribution is 0.221. The van der Waals surface area contributed by atoms with Crippen LogP contribution < -0.4 is 0 Å². The van der Waals surface area contributed by atoms with Crippen LogP contribution in [-0.2, 0) is 9.84 Å². The van der Waals surface area contributed by atoms with Crippen LogP contribution >= 0.6 is 15.9 Å². The first kappa shape index (κ1) is 14.5. The fourth-order valence-corrected chi connectivity index (χ4v) is 4.52. The van der Waals surface area contributed by atoms with E-state index in [4.69, 9.17) is 0 Å². The molecule has 16 heavy (non-hydrogen) atoms. The van der Waals surface area contributed by atoms with E-state index in [0.29, 0.717) is 22.9 Å². The van der Waals surface area contributed by atoms with Gasteiger partial charge in [-0.15, -0.1) is 0 Å². The van der Waals surface area contributed by atoms with Gasteiger partial charge in [0.15, 0.2) is 9.84 Å². The molecule has 1 rings (SSSR count). The molecule has 0 aromatic rings. The molecule has 0 aliphatic heterocycles. The summed E-state index contributed by atoms with van der Waals surface area (Å²) < 4.78 is 23.0. The minimum atomic E-state index is -2.81. The van der Waals surface area contributed by atoms with Crippen LogP contribution in [0.5, 0.6) is 0 Å². The molecule has 0 N–H and O–H groups in total. The first-order valence-corrected chi connectivity index (χ1v) is 8.69. The van der Waals surface area contributed by atoms with E-state index in [1.165, 1.54) is 12.8 Å². The summed E-state index contributed by atoms with van der Waals surface area (Å²) in [6.45, 7) is 3.61. The van der Waals surface area contributed by atoms with Gasteiger partial charge in [-0.25, -0.2) is 8.42 Å². The van der Waals surface area contributed by atoms with Crippen molar-refractivity contribution >= 4 is 25.8 Å². The Morgan fingerprint density at radius 1 is 1.31 bits per heavy atom. The second kappa shape index (κ2) is 6.36. The van der Waals surface area contributed by atoms with Gasteiger partial charge in [0.1, 0.15) is 0 Å². The van der Waals surface area contributed by atoms with Gasteiger partial charge in [0.05, 0.1) is 5.75 Å². The lowest BCUT2D eigenvalue weighted by Gasteiger charge is -2.34. The lowest BCUT2D eigenvalue weighted by Crippen LogP contribution is -2.36. The highest BCUT2D eigenvalue weighted by Crippen LogP contribution is 2.33. The number of hydrogen-bond acceptors (Lipinski definition) is 3. The van der Waals surface area contributed by atoms with Crippen molar-refractivity contribution in [2.75, 3.05) is 31.6 Å². The standard InChI is InChI=1S/C11H22BrNO2S/c1-3-5-16(14,15)6-4-13(2)9-10-7-11(12)8-10/h10-11H,3-9H2,1-2H3. The van der Waals surface area contributed by atoms with Gasteiger partial charge in [-0.2, -0.15) is 0 Å². The fraction of sp³-hybridized carbons (Fsp3) is 1.00. The molecule has 1 aliphatic rings. The fourth-order valence-electron chi connectivity index (χ4n) is 2.04. The molecular formula is C11H22BrNO2S. The molecule has 1 saturated carbocycles. The minimum absolute atomic E-state index is 0.307. The average molecular weight is 312 g/mol. The molecule has 0 heterocycles. The lowest BCUT2D eigenvalue weighted by atomic mass is 9.85. The van der Waals surface area contributed by atoms with Gasteiger partial charge < -0.3 is 4.90 Å². The van der Waals surface area contributed by atoms with Crippen LogP contribution in [0.1, 0.15) is 26.2 Å². The van der Waals surface area contributed by atoms with Crippen molar-refractivity contribution in [2.24, 2.45) is 5.92 Å². The summed E-state index contributed by atoms with van der Waals surface area (Å²) in [4.78, 5) is 2.84. The Bertz CT molecular complexity index is 299. The van der Waals surface area contributed by atoms with Gasteiger partial charge in [-0.05, 0) is 32.2 Å². The van der Waals surface area contributed by atoms with Crippen LogP contribution in [0.15, 0.2) is 0 Å². The Kier molecular flexibility index (Phi) is 5.74. The van der Waals surface area contributed by atoms with Gasteiger partial charge in [0, 0.05) is 23.7 Å². The molecule has 0 atom stereocenters. The van der Waals surface area contributed by atoms with Crippen LogP contribution in [0.2, 0.25) is 0 Å². The molecule has 5 heteroatoms. The van der Waals surface area contributed by atoms with E-state index in [1.54, 1.807) is 0 Å². The first-order valence-electron chi connectivity index (χ1n) is 5.96. The van der Waals surface area contributed by atoms with E-state index in [2.05, 4.69) is 20.8 Å². The van der Waals surface area contributed by atoms with Crippen LogP contribution in [0.25, 0.3) is 0 Å². The quantitative estimate of drug-likeness (QED) is 0.674. The maximum absolute atomic E-state index is 11.5. The molecular weight excluding hydrogens is 290 g/mol. The summed E-state index contributed by atoms with van der Waals surface area (Å²) in [5.74, 6) is 1.39. The van der Waals surface area contributed by atoms with Crippen molar-refractivity contribution in [1.82, 2.24) is 4.90 Å². The zero-order chi connectivity index (χ0) is 12.2. The molecule has 0 saturated heterocycles. The van der Waals surface area contributed by atoms with Gasteiger partial charge in [0.25, 0.3) is 0 Å². The third-order valence-electron chi connectivity index (χ3n) is 3.05. The minimum Gasteiger partial charge on any atom is -0.305 e. The molecule has 0 unspecified atom stereocenters. The summed E-state index contributed by atoms with van der Waals surface area (Å²) in [5, 5.41) is 0. The molecule has 0 spiro atoms. The maximum Gasteiger partial charge on any atom is 0.151 e. The Balaban J connectivity index is 2.17. The number of hydrogen-bond donors (Lipinski definition) is 0. The molecule has 3 nitrogen and oxygen atoms in total. The highest BCUT2D eigenvalue weighted by Gasteiger charge is 2.27. The van der Waals surface area contributed by atoms with Crippen LogP contribution in [0.3, 0.4) is 0 Å². The molecule has 1 aliphatic carbocycles. The molecule has 0 aromatic heterocycles. The van der Waals surface area contributed by atoms with E-state index in [-0.39, 0.29) is 0 Å². The zero-order valence-corrected chi connectivity index (χ0v) is 12.6. The van der Waals surface area contributed by atoms with Crippen molar-refractivity contribution < 1.29 is 8.42 Å². The van der Waals surface area contributed by atoms with E-state index >= 15 is 0 Å². The predicted molar refractivity (Wildman–Crippen MR) is 71.9 cm³/mol. The summed E-state index contributed by atoms with van der Waals surface area (Å²) in [6.07, 6.45) is 3.18. The zero-order valence-electron chi connectivity index (χ0n) is 10.2. The van der Waals surface area contributed by atoms with Gasteiger partial charge >= 0.3 is 0 Å². The number of alkyl halides is 1. The van der Waals surface area contributed by atoms with Crippen molar-refractivity contribution in [2.45, 2.75) is 31.0 Å². The third-order valence-corrected chi connectivity index (χ3v) is 5.63. The number of nitrogens with zero attached hydrogens (tertiary/aromatic N) is 1. The van der Waals surface area contributed by atoms with E-state index in [9.17, 15) is 8.42 Å². The highest BCUT2D eigenvalue weighted by molar-refractivity contribution is 9.09. The van der Waals surface area contributed by atoms with Crippen LogP contribution in [-0.4, -0.2) is 49.8 Å². The van der Waals surface area contributed by atoms with Crippen LogP contribution in [0, 0.1) is 5.92 Å². The Hall–Kier alpha value is 0.390. The van der Waals surface area contributed by atoms with Gasteiger partial charge in [-0.1, -0.05) is 22.9 Å². The summed E-state index contributed by atoms with van der Waals surface area (Å²) in [5.41, 5.74) is 0. The van der Waals surface area contributed by atoms with Crippen molar-refractivity contribution in [3.8, 4) is 0 Å². The SMILES string of the molecule is CCCS(=O)(=O)CCN(C)CC1CC(Br)C1. The smallest absolute Gasteiger partial charge is 0.151 e. The maximum atomic E-state index is 11.5. The number of halogens is 1. The number of sulfone groups is 1. The molecule has 0 radical (unpaired) electrons. The molecule has 0 amide bonds. The van der Waals surface area contributed by atoms with Gasteiger partial charge in [-0.3, -0.25) is 0 Å². The van der Waals surface area contributed by atoms with Crippen LogP contribution in [0.4, 0.5) is 0 Å². The van der Waals surface area contributed by atoms with Crippen molar-refractivity contribution in [3.63, 3.8) is 0 Å². The highest BCUT2D eigenvalue weighted by atomic mass is 79.9. The Morgan fingerprint density at radius 2 is 1.94 bits per heavy atom. The first-order chi connectivity index (χ1) is 7.43. The molecule has 1 fully saturated rings. The molecule has 0 aromatic carbocycles. The van der Waals surface area contributed by atoms with E-state index < -0.39 is 9.84 Å². The van der Waals surface area contributed by atoms with Crippen molar-refractivity contribution in [3.05, 3.63) is 0 Å². The third kappa shape index (κ3) is 5.15. The summed E-state index contributed by atoms with van der Waals surface area (Å²) in [6, 6.07) is 0. The number of rotatable bonds is 7. The Labute approximate surface area is 108 Å². The predicted octanol–water partition coefficient (Wildman–Crippen LogP) is 1.92. The summed E-state index contributed by atoms with van der Waals surface area (Å²) >= 11 is 3.57. The average Bonchev–Trinajstić information content (AvgIpc) is 2.12. The van der Waals surface area contributed by atoms with E-state index in [1.807, 2.05) is 14.0 Å².